The largest absolute Gasteiger partial charge is 0.512 e. The van der Waals surface area contributed by atoms with Crippen molar-refractivity contribution >= 4 is 0 Å². The molecule has 0 aromatic heterocycles. The average molecular weight is 396 g/mol. The Hall–Kier alpha value is -3.08. The number of aliphatic hydroxyl groups is 1. The van der Waals surface area contributed by atoms with Crippen LogP contribution in [-0.2, 0) is 12.8 Å². The zero-order chi connectivity index (χ0) is 21.5. The van der Waals surface area contributed by atoms with Crippen LogP contribution in [0.4, 0.5) is 0 Å². The van der Waals surface area contributed by atoms with Gasteiger partial charge in [-0.15, -0.1) is 0 Å². The minimum absolute atomic E-state index is 0.00488. The highest BCUT2D eigenvalue weighted by atomic mass is 16.3. The highest BCUT2D eigenvalue weighted by Crippen LogP contribution is 2.43. The first kappa shape index (κ1) is 20.6. The first-order chi connectivity index (χ1) is 13.6. The molecule has 3 rings (SSSR count). The maximum atomic E-state index is 10.4. The number of hydrogen-bond donors (Lipinski definition) is 5. The molecule has 2 aromatic carbocycles. The number of allylic oxidation sites excluding steroid dienone is 4. The first-order valence-corrected chi connectivity index (χ1v) is 9.72. The fourth-order valence-electron chi connectivity index (χ4n) is 4.09. The first-order valence-electron chi connectivity index (χ1n) is 9.72. The molecule has 154 valence electrons. The molecule has 0 spiro atoms. The second-order valence-electron chi connectivity index (χ2n) is 8.15. The van der Waals surface area contributed by atoms with Gasteiger partial charge in [0.05, 0.1) is 5.76 Å². The van der Waals surface area contributed by atoms with Gasteiger partial charge in [-0.1, -0.05) is 30.7 Å². The van der Waals surface area contributed by atoms with E-state index in [4.69, 9.17) is 0 Å². The molecule has 2 aromatic rings. The van der Waals surface area contributed by atoms with Crippen LogP contribution < -0.4 is 0 Å². The fraction of sp³-hybridized carbons (Fsp3) is 0.333. The van der Waals surface area contributed by atoms with Crippen molar-refractivity contribution in [2.75, 3.05) is 0 Å². The van der Waals surface area contributed by atoms with E-state index >= 15 is 0 Å². The van der Waals surface area contributed by atoms with Gasteiger partial charge in [0.15, 0.2) is 11.5 Å². The molecular formula is C24H28O5. The summed E-state index contributed by atoms with van der Waals surface area (Å²) in [5.74, 6) is -0.555. The summed E-state index contributed by atoms with van der Waals surface area (Å²) in [5.41, 5.74) is 5.23. The zero-order valence-corrected chi connectivity index (χ0v) is 17.2. The Balaban J connectivity index is 1.97. The maximum Gasteiger partial charge on any atom is 0.200 e. The van der Waals surface area contributed by atoms with E-state index in [9.17, 15) is 25.5 Å². The number of rotatable bonds is 4. The van der Waals surface area contributed by atoms with Crippen LogP contribution in [0.25, 0.3) is 0 Å². The lowest BCUT2D eigenvalue weighted by atomic mass is 9.86. The molecule has 0 fully saturated rings. The van der Waals surface area contributed by atoms with Gasteiger partial charge in [0.1, 0.15) is 5.75 Å². The SMILES string of the molecule is CC1=C(O)C(C)CC(Cc2cc(Cc3cc(C)c(O)c(C)c3)c(O)c(O)c2O)=C1. The summed E-state index contributed by atoms with van der Waals surface area (Å²) in [5, 5.41) is 51.0. The molecule has 29 heavy (non-hydrogen) atoms. The van der Waals surface area contributed by atoms with Gasteiger partial charge in [0, 0.05) is 23.5 Å². The highest BCUT2D eigenvalue weighted by Gasteiger charge is 2.22. The third kappa shape index (κ3) is 4.04. The molecule has 5 N–H and O–H groups in total. The second-order valence-corrected chi connectivity index (χ2v) is 8.15. The topological polar surface area (TPSA) is 101 Å². The van der Waals surface area contributed by atoms with Crippen LogP contribution in [0.2, 0.25) is 0 Å². The summed E-state index contributed by atoms with van der Waals surface area (Å²) in [6, 6.07) is 5.39. The molecule has 5 heteroatoms. The van der Waals surface area contributed by atoms with Crippen molar-refractivity contribution in [1.29, 1.82) is 0 Å². The van der Waals surface area contributed by atoms with Gasteiger partial charge in [-0.2, -0.15) is 0 Å². The lowest BCUT2D eigenvalue weighted by Crippen LogP contribution is -2.09. The van der Waals surface area contributed by atoms with Gasteiger partial charge in [-0.3, -0.25) is 0 Å². The molecule has 0 bridgehead atoms. The smallest absolute Gasteiger partial charge is 0.200 e. The number of aryl methyl sites for hydroxylation is 2. The highest BCUT2D eigenvalue weighted by molar-refractivity contribution is 5.59. The standard InChI is InChI=1S/C24H28O5/c1-12-5-16(6-13(2)20(12)25)9-18-11-19(23(28)24(29)22(18)27)10-17-7-14(3)21(26)15(4)8-17/h5-7,11,15,25-29H,8-10H2,1-4H3. The molecule has 5 nitrogen and oxygen atoms in total. The molecule has 0 heterocycles. The molecule has 0 saturated heterocycles. The molecule has 1 unspecified atom stereocenters. The lowest BCUT2D eigenvalue weighted by Gasteiger charge is -2.22. The van der Waals surface area contributed by atoms with E-state index in [2.05, 4.69) is 0 Å². The van der Waals surface area contributed by atoms with Crippen LogP contribution in [0.3, 0.4) is 0 Å². The molecule has 1 atom stereocenters. The number of phenolic OH excluding ortho intramolecular Hbond substituents is 4. The average Bonchev–Trinajstić information content (AvgIpc) is 2.66. The monoisotopic (exact) mass is 396 g/mol. The predicted molar refractivity (Wildman–Crippen MR) is 113 cm³/mol. The molecule has 0 radical (unpaired) electrons. The van der Waals surface area contributed by atoms with E-state index in [1.165, 1.54) is 0 Å². The Bertz CT molecular complexity index is 1010. The van der Waals surface area contributed by atoms with Gasteiger partial charge in [-0.05, 0) is 61.9 Å². The molecular weight excluding hydrogens is 368 g/mol. The van der Waals surface area contributed by atoms with E-state index < -0.39 is 5.75 Å². The van der Waals surface area contributed by atoms with Crippen LogP contribution in [0, 0.1) is 19.8 Å². The Morgan fingerprint density at radius 3 is 1.86 bits per heavy atom. The summed E-state index contributed by atoms with van der Waals surface area (Å²) in [7, 11) is 0. The van der Waals surface area contributed by atoms with Gasteiger partial charge in [0.2, 0.25) is 5.75 Å². The number of phenols is 4. The molecule has 1 aliphatic rings. The molecule has 0 amide bonds. The number of aliphatic hydroxyl groups excluding tert-OH is 1. The van der Waals surface area contributed by atoms with Crippen molar-refractivity contribution in [3.8, 4) is 23.0 Å². The summed E-state index contributed by atoms with van der Waals surface area (Å²) in [6.45, 7) is 7.42. The molecule has 0 aliphatic heterocycles. The van der Waals surface area contributed by atoms with E-state index in [0.29, 0.717) is 36.1 Å². The maximum absolute atomic E-state index is 10.4. The quantitative estimate of drug-likeness (QED) is 0.465. The summed E-state index contributed by atoms with van der Waals surface area (Å²) < 4.78 is 0. The van der Waals surface area contributed by atoms with Crippen molar-refractivity contribution in [3.63, 3.8) is 0 Å². The van der Waals surface area contributed by atoms with Gasteiger partial charge < -0.3 is 25.5 Å². The van der Waals surface area contributed by atoms with Crippen LogP contribution in [0.1, 0.15) is 48.1 Å². The summed E-state index contributed by atoms with van der Waals surface area (Å²) >= 11 is 0. The Morgan fingerprint density at radius 1 is 0.759 bits per heavy atom. The molecule has 1 aliphatic carbocycles. The Kier molecular flexibility index (Phi) is 5.51. The second kappa shape index (κ2) is 7.74. The van der Waals surface area contributed by atoms with Crippen molar-refractivity contribution in [2.45, 2.75) is 47.0 Å². The van der Waals surface area contributed by atoms with Crippen molar-refractivity contribution in [2.24, 2.45) is 5.92 Å². The van der Waals surface area contributed by atoms with Gasteiger partial charge in [0.25, 0.3) is 0 Å². The summed E-state index contributed by atoms with van der Waals surface area (Å²) in [6.07, 6.45) is 3.33. The number of benzene rings is 2. The van der Waals surface area contributed by atoms with Crippen molar-refractivity contribution in [1.82, 2.24) is 0 Å². The van der Waals surface area contributed by atoms with Gasteiger partial charge in [-0.25, -0.2) is 0 Å². The minimum atomic E-state index is -0.524. The number of hydrogen-bond acceptors (Lipinski definition) is 5. The predicted octanol–water partition coefficient (Wildman–Crippen LogP) is 5.06. The van der Waals surface area contributed by atoms with Crippen LogP contribution in [0.5, 0.6) is 23.0 Å². The third-order valence-corrected chi connectivity index (χ3v) is 5.63. The van der Waals surface area contributed by atoms with E-state index in [1.54, 1.807) is 6.07 Å². The minimum Gasteiger partial charge on any atom is -0.512 e. The van der Waals surface area contributed by atoms with E-state index in [1.807, 2.05) is 45.9 Å². The Morgan fingerprint density at radius 2 is 1.31 bits per heavy atom. The zero-order valence-electron chi connectivity index (χ0n) is 17.2. The fourth-order valence-corrected chi connectivity index (χ4v) is 4.09. The third-order valence-electron chi connectivity index (χ3n) is 5.63. The van der Waals surface area contributed by atoms with E-state index in [-0.39, 0.29) is 23.2 Å². The normalized spacial score (nSPS) is 16.8. The van der Waals surface area contributed by atoms with E-state index in [0.717, 1.165) is 27.8 Å². The van der Waals surface area contributed by atoms with Crippen molar-refractivity contribution in [3.05, 3.63) is 69.0 Å². The Labute approximate surface area is 170 Å². The van der Waals surface area contributed by atoms with Gasteiger partial charge >= 0.3 is 0 Å². The summed E-state index contributed by atoms with van der Waals surface area (Å²) in [4.78, 5) is 0. The van der Waals surface area contributed by atoms with Crippen LogP contribution in [0.15, 0.2) is 41.2 Å². The van der Waals surface area contributed by atoms with Crippen molar-refractivity contribution < 1.29 is 25.5 Å². The van der Waals surface area contributed by atoms with Crippen LogP contribution >= 0.6 is 0 Å². The lowest BCUT2D eigenvalue weighted by molar-refractivity contribution is 0.329. The van der Waals surface area contributed by atoms with Crippen LogP contribution in [-0.4, -0.2) is 25.5 Å². The number of aromatic hydroxyl groups is 4. The molecule has 0 saturated carbocycles.